The van der Waals surface area contributed by atoms with Crippen LogP contribution in [0.15, 0.2) is 18.2 Å². The van der Waals surface area contributed by atoms with Crippen molar-refractivity contribution in [2.45, 2.75) is 45.8 Å². The number of aliphatic hydroxyl groups is 1. The number of carbonyl (C=O) groups excluding carboxylic acids is 1. The highest BCUT2D eigenvalue weighted by Crippen LogP contribution is 2.32. The number of rotatable bonds is 1. The molecule has 1 amide bonds. The van der Waals surface area contributed by atoms with Crippen LogP contribution in [0.1, 0.15) is 38.3 Å². The molecule has 0 aromatic heterocycles. The lowest BCUT2D eigenvalue weighted by Gasteiger charge is -2.33. The van der Waals surface area contributed by atoms with E-state index in [1.54, 1.807) is 4.90 Å². The fourth-order valence-corrected chi connectivity index (χ4v) is 2.36. The van der Waals surface area contributed by atoms with Gasteiger partial charge >= 0.3 is 6.09 Å². The summed E-state index contributed by atoms with van der Waals surface area (Å²) < 4.78 is 5.44. The largest absolute Gasteiger partial charge is 0.443 e. The summed E-state index contributed by atoms with van der Waals surface area (Å²) in [6.45, 7) is 6.14. The van der Waals surface area contributed by atoms with Crippen LogP contribution in [0, 0.1) is 0 Å². The van der Waals surface area contributed by atoms with Crippen LogP contribution in [0.25, 0.3) is 0 Å². The zero-order valence-electron chi connectivity index (χ0n) is 11.8. The van der Waals surface area contributed by atoms with E-state index in [9.17, 15) is 9.90 Å². The minimum Gasteiger partial charge on any atom is -0.443 e. The average Bonchev–Trinajstić information content (AvgIpc) is 2.35. The fraction of sp³-hybridized carbons (Fsp3) is 0.533. The maximum absolute atomic E-state index is 12.3. The Bertz CT molecular complexity index is 463. The molecule has 1 aromatic rings. The molecule has 0 saturated heterocycles. The number of nitrogens with zero attached hydrogens (tertiary/aromatic N) is 1. The first-order valence-corrected chi connectivity index (χ1v) is 6.64. The van der Waals surface area contributed by atoms with Gasteiger partial charge in [-0.1, -0.05) is 18.2 Å². The van der Waals surface area contributed by atoms with Gasteiger partial charge < -0.3 is 9.84 Å². The molecule has 1 N–H and O–H groups in total. The van der Waals surface area contributed by atoms with Crippen LogP contribution in [0.5, 0.6) is 0 Å². The second kappa shape index (κ2) is 5.21. The fourth-order valence-electron chi connectivity index (χ4n) is 2.36. The summed E-state index contributed by atoms with van der Waals surface area (Å²) in [5, 5.41) is 9.45. The summed E-state index contributed by atoms with van der Waals surface area (Å²) in [4.78, 5) is 13.9. The van der Waals surface area contributed by atoms with Crippen LogP contribution in [0.3, 0.4) is 0 Å². The van der Waals surface area contributed by atoms with Gasteiger partial charge in [-0.2, -0.15) is 0 Å². The molecule has 1 aliphatic heterocycles. The zero-order valence-corrected chi connectivity index (χ0v) is 11.8. The van der Waals surface area contributed by atoms with Crippen molar-refractivity contribution in [3.8, 4) is 0 Å². The van der Waals surface area contributed by atoms with E-state index in [1.165, 1.54) is 0 Å². The van der Waals surface area contributed by atoms with E-state index in [0.29, 0.717) is 6.54 Å². The van der Waals surface area contributed by atoms with Gasteiger partial charge in [-0.15, -0.1) is 0 Å². The highest BCUT2D eigenvalue weighted by atomic mass is 16.6. The Hall–Kier alpha value is -1.55. The summed E-state index contributed by atoms with van der Waals surface area (Å²) in [5.41, 5.74) is 2.19. The Morgan fingerprint density at radius 2 is 2.16 bits per heavy atom. The molecule has 0 spiro atoms. The van der Waals surface area contributed by atoms with Gasteiger partial charge in [-0.05, 0) is 39.2 Å². The van der Waals surface area contributed by atoms with Crippen molar-refractivity contribution in [2.24, 2.45) is 0 Å². The number of benzene rings is 1. The maximum Gasteiger partial charge on any atom is 0.414 e. The highest BCUT2D eigenvalue weighted by molar-refractivity contribution is 5.90. The van der Waals surface area contributed by atoms with E-state index in [4.69, 9.17) is 4.74 Å². The van der Waals surface area contributed by atoms with E-state index < -0.39 is 5.60 Å². The number of aryl methyl sites for hydroxylation is 1. The molecule has 1 aromatic carbocycles. The molecule has 0 unspecified atom stereocenters. The standard InChI is InChI=1S/C15H21NO3/c1-15(2,3)19-14(18)16-9-5-8-11-6-4-7-12(10-17)13(11)16/h4,6-7,17H,5,8-10H2,1-3H3. The number of ether oxygens (including phenoxy) is 1. The van der Waals surface area contributed by atoms with Gasteiger partial charge in [0, 0.05) is 12.1 Å². The molecule has 1 heterocycles. The van der Waals surface area contributed by atoms with Gasteiger partial charge in [0.05, 0.1) is 12.3 Å². The average molecular weight is 263 g/mol. The van der Waals surface area contributed by atoms with Crippen LogP contribution < -0.4 is 4.90 Å². The van der Waals surface area contributed by atoms with Crippen molar-refractivity contribution in [1.82, 2.24) is 0 Å². The van der Waals surface area contributed by atoms with Crippen LogP contribution in [0.4, 0.5) is 10.5 Å². The van der Waals surface area contributed by atoms with Crippen molar-refractivity contribution >= 4 is 11.8 Å². The molecule has 2 rings (SSSR count). The molecule has 0 fully saturated rings. The minimum atomic E-state index is -0.511. The van der Waals surface area contributed by atoms with Gasteiger partial charge in [-0.25, -0.2) is 4.79 Å². The Kier molecular flexibility index (Phi) is 3.80. The Morgan fingerprint density at radius 3 is 2.79 bits per heavy atom. The second-order valence-corrected chi connectivity index (χ2v) is 5.82. The van der Waals surface area contributed by atoms with Crippen LogP contribution in [-0.4, -0.2) is 23.3 Å². The quantitative estimate of drug-likeness (QED) is 0.847. The number of anilines is 1. The number of carbonyl (C=O) groups is 1. The SMILES string of the molecule is CC(C)(C)OC(=O)N1CCCc2cccc(CO)c21. The lowest BCUT2D eigenvalue weighted by molar-refractivity contribution is 0.0577. The van der Waals surface area contributed by atoms with Crippen LogP contribution >= 0.6 is 0 Å². The first kappa shape index (κ1) is 13.9. The summed E-state index contributed by atoms with van der Waals surface area (Å²) >= 11 is 0. The van der Waals surface area contributed by atoms with E-state index in [-0.39, 0.29) is 12.7 Å². The van der Waals surface area contributed by atoms with Gasteiger partial charge in [0.1, 0.15) is 5.60 Å². The highest BCUT2D eigenvalue weighted by Gasteiger charge is 2.28. The summed E-state index contributed by atoms with van der Waals surface area (Å²) in [7, 11) is 0. The van der Waals surface area contributed by atoms with Crippen LogP contribution in [-0.2, 0) is 17.8 Å². The molecule has 4 heteroatoms. The van der Waals surface area contributed by atoms with E-state index >= 15 is 0 Å². The van der Waals surface area contributed by atoms with Crippen LogP contribution in [0.2, 0.25) is 0 Å². The number of para-hydroxylation sites is 1. The molecule has 0 bridgehead atoms. The third-order valence-corrected chi connectivity index (χ3v) is 3.09. The Morgan fingerprint density at radius 1 is 1.42 bits per heavy atom. The molecule has 19 heavy (non-hydrogen) atoms. The summed E-state index contributed by atoms with van der Waals surface area (Å²) in [5.74, 6) is 0. The monoisotopic (exact) mass is 263 g/mol. The number of amides is 1. The third kappa shape index (κ3) is 3.07. The normalized spacial score (nSPS) is 15.1. The lowest BCUT2D eigenvalue weighted by Crippen LogP contribution is -2.40. The molecule has 0 aliphatic carbocycles. The molecule has 0 atom stereocenters. The van der Waals surface area contributed by atoms with E-state index in [0.717, 1.165) is 29.7 Å². The smallest absolute Gasteiger partial charge is 0.414 e. The molecule has 0 radical (unpaired) electrons. The summed E-state index contributed by atoms with van der Waals surface area (Å²) in [6.07, 6.45) is 1.51. The summed E-state index contributed by atoms with van der Waals surface area (Å²) in [6, 6.07) is 5.77. The van der Waals surface area contributed by atoms with Crippen molar-refractivity contribution in [3.05, 3.63) is 29.3 Å². The van der Waals surface area contributed by atoms with Gasteiger partial charge in [0.15, 0.2) is 0 Å². The molecular weight excluding hydrogens is 242 g/mol. The number of hydrogen-bond donors (Lipinski definition) is 1. The second-order valence-electron chi connectivity index (χ2n) is 5.82. The molecular formula is C15H21NO3. The number of hydrogen-bond acceptors (Lipinski definition) is 3. The first-order chi connectivity index (χ1) is 8.92. The molecule has 4 nitrogen and oxygen atoms in total. The first-order valence-electron chi connectivity index (χ1n) is 6.64. The topological polar surface area (TPSA) is 49.8 Å². The molecule has 1 aliphatic rings. The Labute approximate surface area is 114 Å². The van der Waals surface area contributed by atoms with Crippen molar-refractivity contribution in [2.75, 3.05) is 11.4 Å². The molecule has 0 saturated carbocycles. The van der Waals surface area contributed by atoms with E-state index in [1.807, 2.05) is 39.0 Å². The predicted molar refractivity (Wildman–Crippen MR) is 74.3 cm³/mol. The van der Waals surface area contributed by atoms with Crippen molar-refractivity contribution in [1.29, 1.82) is 0 Å². The zero-order chi connectivity index (χ0) is 14.0. The van der Waals surface area contributed by atoms with Crippen molar-refractivity contribution < 1.29 is 14.6 Å². The number of fused-ring (bicyclic) bond motifs is 1. The third-order valence-electron chi connectivity index (χ3n) is 3.09. The number of aliphatic hydroxyl groups excluding tert-OH is 1. The maximum atomic E-state index is 12.3. The predicted octanol–water partition coefficient (Wildman–Crippen LogP) is 2.87. The van der Waals surface area contributed by atoms with Gasteiger partial charge in [0.25, 0.3) is 0 Å². The Balaban J connectivity index is 2.34. The van der Waals surface area contributed by atoms with E-state index in [2.05, 4.69) is 0 Å². The van der Waals surface area contributed by atoms with Gasteiger partial charge in [-0.3, -0.25) is 4.90 Å². The lowest BCUT2D eigenvalue weighted by atomic mass is 9.98. The molecule has 104 valence electrons. The minimum absolute atomic E-state index is 0.0670. The van der Waals surface area contributed by atoms with Crippen molar-refractivity contribution in [3.63, 3.8) is 0 Å². The van der Waals surface area contributed by atoms with Gasteiger partial charge in [0.2, 0.25) is 0 Å².